The van der Waals surface area contributed by atoms with Gasteiger partial charge in [-0.2, -0.15) is 0 Å². The van der Waals surface area contributed by atoms with E-state index in [9.17, 15) is 9.59 Å². The smallest absolute Gasteiger partial charge is 0.256 e. The molecule has 0 aromatic carbocycles. The lowest BCUT2D eigenvalue weighted by atomic mass is 9.89. The minimum Gasteiger partial charge on any atom is -0.339 e. The van der Waals surface area contributed by atoms with Crippen molar-refractivity contribution in [2.45, 2.75) is 32.1 Å². The lowest BCUT2D eigenvalue weighted by molar-refractivity contribution is -0.127. The maximum Gasteiger partial charge on any atom is 0.256 e. The Morgan fingerprint density at radius 2 is 1.93 bits per heavy atom. The fraction of sp³-hybridized carbons (Fsp3) is 0.375. The second-order valence-electron chi connectivity index (χ2n) is 7.84. The number of aryl methyl sites for hydroxylation is 1. The first-order chi connectivity index (χ1) is 14.6. The van der Waals surface area contributed by atoms with E-state index in [4.69, 9.17) is 4.98 Å². The molecular formula is C24H27N3O2S. The fourth-order valence-electron chi connectivity index (χ4n) is 4.08. The minimum absolute atomic E-state index is 0.0513. The molecule has 1 saturated heterocycles. The van der Waals surface area contributed by atoms with Gasteiger partial charge in [-0.05, 0) is 55.8 Å². The Labute approximate surface area is 181 Å². The second kappa shape index (κ2) is 9.39. The topological polar surface area (TPSA) is 53.5 Å². The highest BCUT2D eigenvalue weighted by Crippen LogP contribution is 2.30. The number of nitrogens with zero attached hydrogens (tertiary/aromatic N) is 3. The summed E-state index contributed by atoms with van der Waals surface area (Å²) in [7, 11) is 0. The number of carbonyl (C=O) groups excluding carboxylic acids is 2. The first-order valence-corrected chi connectivity index (χ1v) is 11.4. The lowest BCUT2D eigenvalue weighted by Crippen LogP contribution is -2.38. The van der Waals surface area contributed by atoms with Crippen molar-refractivity contribution in [3.8, 4) is 0 Å². The van der Waals surface area contributed by atoms with Crippen LogP contribution >= 0.6 is 11.3 Å². The van der Waals surface area contributed by atoms with Crippen LogP contribution < -0.4 is 0 Å². The Bertz CT molecular complexity index is 957. The second-order valence-corrected chi connectivity index (χ2v) is 8.82. The molecule has 0 N–H and O–H groups in total. The molecule has 4 rings (SSSR count). The molecule has 2 aromatic heterocycles. The summed E-state index contributed by atoms with van der Waals surface area (Å²) in [5.74, 6) is 0.323. The van der Waals surface area contributed by atoms with Gasteiger partial charge in [0.2, 0.25) is 5.91 Å². The van der Waals surface area contributed by atoms with Crippen LogP contribution in [0, 0.1) is 6.92 Å². The summed E-state index contributed by atoms with van der Waals surface area (Å²) in [5.41, 5.74) is 2.55. The standard InChI is InChI=1S/C24H27N3O2S/c1-18-7-9-21(24(29)27-13-3-2-4-14-27)23(25-18)19-11-15-26(16-12-19)22(28)10-8-20-6-5-17-30-20/h2-3,5-10,17,19H,4,11-16H2,1H3/b10-8+. The summed E-state index contributed by atoms with van der Waals surface area (Å²) in [6, 6.07) is 7.83. The molecule has 2 aliphatic rings. The van der Waals surface area contributed by atoms with Crippen molar-refractivity contribution in [1.82, 2.24) is 14.8 Å². The van der Waals surface area contributed by atoms with Crippen LogP contribution in [0.3, 0.4) is 0 Å². The van der Waals surface area contributed by atoms with Gasteiger partial charge < -0.3 is 9.80 Å². The van der Waals surface area contributed by atoms with Gasteiger partial charge in [0, 0.05) is 48.7 Å². The van der Waals surface area contributed by atoms with Crippen LogP contribution in [-0.2, 0) is 4.79 Å². The van der Waals surface area contributed by atoms with E-state index in [0.717, 1.165) is 47.6 Å². The number of hydrogen-bond acceptors (Lipinski definition) is 4. The maximum absolute atomic E-state index is 13.1. The van der Waals surface area contributed by atoms with Crippen molar-refractivity contribution in [2.75, 3.05) is 26.2 Å². The molecule has 0 radical (unpaired) electrons. The Morgan fingerprint density at radius 3 is 2.63 bits per heavy atom. The van der Waals surface area contributed by atoms with Crippen molar-refractivity contribution in [1.29, 1.82) is 0 Å². The summed E-state index contributed by atoms with van der Waals surface area (Å²) in [5, 5.41) is 2.00. The predicted octanol–water partition coefficient (Wildman–Crippen LogP) is 4.27. The summed E-state index contributed by atoms with van der Waals surface area (Å²) >= 11 is 1.62. The van der Waals surface area contributed by atoms with Gasteiger partial charge in [-0.1, -0.05) is 18.2 Å². The maximum atomic E-state index is 13.1. The average molecular weight is 422 g/mol. The van der Waals surface area contributed by atoms with Crippen molar-refractivity contribution in [3.05, 3.63) is 69.7 Å². The Kier molecular flexibility index (Phi) is 6.43. The van der Waals surface area contributed by atoms with E-state index < -0.39 is 0 Å². The Balaban J connectivity index is 1.44. The molecule has 5 nitrogen and oxygen atoms in total. The molecule has 2 aliphatic heterocycles. The number of carbonyl (C=O) groups is 2. The minimum atomic E-state index is 0.0513. The highest BCUT2D eigenvalue weighted by atomic mass is 32.1. The van der Waals surface area contributed by atoms with Crippen molar-refractivity contribution < 1.29 is 9.59 Å². The third-order valence-corrected chi connectivity index (χ3v) is 6.60. The molecule has 30 heavy (non-hydrogen) atoms. The van der Waals surface area contributed by atoms with E-state index >= 15 is 0 Å². The van der Waals surface area contributed by atoms with Crippen LogP contribution in [0.25, 0.3) is 6.08 Å². The van der Waals surface area contributed by atoms with Gasteiger partial charge in [0.25, 0.3) is 5.91 Å². The highest BCUT2D eigenvalue weighted by Gasteiger charge is 2.28. The number of aromatic nitrogens is 1. The van der Waals surface area contributed by atoms with E-state index in [-0.39, 0.29) is 17.7 Å². The monoisotopic (exact) mass is 421 g/mol. The van der Waals surface area contributed by atoms with Crippen molar-refractivity contribution in [3.63, 3.8) is 0 Å². The van der Waals surface area contributed by atoms with Crippen molar-refractivity contribution >= 4 is 29.2 Å². The van der Waals surface area contributed by atoms with E-state index in [0.29, 0.717) is 19.6 Å². The third-order valence-electron chi connectivity index (χ3n) is 5.77. The molecule has 2 amide bonds. The van der Waals surface area contributed by atoms with E-state index in [1.807, 2.05) is 52.4 Å². The van der Waals surface area contributed by atoms with Gasteiger partial charge in [-0.3, -0.25) is 14.6 Å². The first-order valence-electron chi connectivity index (χ1n) is 10.5. The molecule has 156 valence electrons. The van der Waals surface area contributed by atoms with Crippen LogP contribution in [0.1, 0.15) is 51.8 Å². The summed E-state index contributed by atoms with van der Waals surface area (Å²) in [6.45, 7) is 4.76. The molecule has 0 aliphatic carbocycles. The summed E-state index contributed by atoms with van der Waals surface area (Å²) < 4.78 is 0. The lowest BCUT2D eigenvalue weighted by Gasteiger charge is -2.32. The number of piperidine rings is 1. The molecule has 4 heterocycles. The molecule has 1 fully saturated rings. The average Bonchev–Trinajstić information content (AvgIpc) is 3.31. The van der Waals surface area contributed by atoms with Crippen LogP contribution in [0.5, 0.6) is 0 Å². The SMILES string of the molecule is Cc1ccc(C(=O)N2CC=CCC2)c(C2CCN(C(=O)/C=C/c3cccs3)CC2)n1. The van der Waals surface area contributed by atoms with Crippen LogP contribution in [0.2, 0.25) is 0 Å². The molecule has 0 unspecified atom stereocenters. The molecule has 0 spiro atoms. The number of amides is 2. The zero-order valence-corrected chi connectivity index (χ0v) is 18.1. The summed E-state index contributed by atoms with van der Waals surface area (Å²) in [6.07, 6.45) is 10.3. The molecule has 0 bridgehead atoms. The number of pyridine rings is 1. The number of rotatable bonds is 4. The molecular weight excluding hydrogens is 394 g/mol. The Morgan fingerprint density at radius 1 is 1.10 bits per heavy atom. The normalized spacial score (nSPS) is 17.6. The molecule has 0 saturated carbocycles. The zero-order valence-electron chi connectivity index (χ0n) is 17.3. The Hall–Kier alpha value is -2.73. The third kappa shape index (κ3) is 4.70. The van der Waals surface area contributed by atoms with Gasteiger partial charge in [-0.25, -0.2) is 0 Å². The van der Waals surface area contributed by atoms with Crippen LogP contribution in [-0.4, -0.2) is 52.8 Å². The van der Waals surface area contributed by atoms with Gasteiger partial charge in [-0.15, -0.1) is 11.3 Å². The molecule has 2 aromatic rings. The first kappa shape index (κ1) is 20.5. The molecule has 0 atom stereocenters. The van der Waals surface area contributed by atoms with Gasteiger partial charge in [0.15, 0.2) is 0 Å². The van der Waals surface area contributed by atoms with Gasteiger partial charge in [0.1, 0.15) is 0 Å². The number of hydrogen-bond donors (Lipinski definition) is 0. The van der Waals surface area contributed by atoms with Crippen LogP contribution in [0.15, 0.2) is 47.9 Å². The van der Waals surface area contributed by atoms with E-state index in [1.54, 1.807) is 17.4 Å². The van der Waals surface area contributed by atoms with Gasteiger partial charge in [0.05, 0.1) is 11.3 Å². The number of likely N-dealkylation sites (tertiary alicyclic amines) is 1. The van der Waals surface area contributed by atoms with E-state index in [2.05, 4.69) is 12.2 Å². The van der Waals surface area contributed by atoms with Gasteiger partial charge >= 0.3 is 0 Å². The summed E-state index contributed by atoms with van der Waals surface area (Å²) in [4.78, 5) is 35.3. The number of thiophene rings is 1. The largest absolute Gasteiger partial charge is 0.339 e. The fourth-order valence-corrected chi connectivity index (χ4v) is 4.70. The highest BCUT2D eigenvalue weighted by molar-refractivity contribution is 7.10. The van der Waals surface area contributed by atoms with Crippen LogP contribution in [0.4, 0.5) is 0 Å². The van der Waals surface area contributed by atoms with Crippen molar-refractivity contribution in [2.24, 2.45) is 0 Å². The van der Waals surface area contributed by atoms with E-state index in [1.165, 1.54) is 0 Å². The predicted molar refractivity (Wildman–Crippen MR) is 121 cm³/mol. The molecule has 6 heteroatoms. The zero-order chi connectivity index (χ0) is 20.9. The quantitative estimate of drug-likeness (QED) is 0.547.